The van der Waals surface area contributed by atoms with E-state index in [9.17, 15) is 9.18 Å². The lowest BCUT2D eigenvalue weighted by Gasteiger charge is -2.14. The molecule has 138 valence electrons. The van der Waals surface area contributed by atoms with Gasteiger partial charge in [0.1, 0.15) is 18.2 Å². The van der Waals surface area contributed by atoms with Gasteiger partial charge in [0.2, 0.25) is 0 Å². The van der Waals surface area contributed by atoms with Gasteiger partial charge in [-0.2, -0.15) is 0 Å². The summed E-state index contributed by atoms with van der Waals surface area (Å²) in [6.45, 7) is 0.782. The summed E-state index contributed by atoms with van der Waals surface area (Å²) in [5.41, 5.74) is 2.71. The standard InChI is InChI=1S/C21H17BrFNO3/c22-17-6-9-20(27-13-14-4-7-18(23)8-5-14)16(10-17)12-24-19-3-1-2-15(11-19)21(25)26/h1-11,24H,12-13H2,(H,25,26). The molecule has 0 amide bonds. The Morgan fingerprint density at radius 3 is 2.59 bits per heavy atom. The van der Waals surface area contributed by atoms with Gasteiger partial charge in [-0.25, -0.2) is 9.18 Å². The third-order valence-corrected chi connectivity index (χ3v) is 4.42. The summed E-state index contributed by atoms with van der Waals surface area (Å²) in [4.78, 5) is 11.1. The summed E-state index contributed by atoms with van der Waals surface area (Å²) in [6, 6.07) is 18.5. The van der Waals surface area contributed by atoms with E-state index in [1.54, 1.807) is 30.3 Å². The van der Waals surface area contributed by atoms with E-state index < -0.39 is 5.97 Å². The van der Waals surface area contributed by atoms with E-state index in [1.165, 1.54) is 12.1 Å². The monoisotopic (exact) mass is 429 g/mol. The zero-order chi connectivity index (χ0) is 19.2. The van der Waals surface area contributed by atoms with Crippen molar-refractivity contribution in [2.24, 2.45) is 0 Å². The van der Waals surface area contributed by atoms with Crippen LogP contribution in [0.2, 0.25) is 0 Å². The molecule has 0 spiro atoms. The quantitative estimate of drug-likeness (QED) is 0.522. The lowest BCUT2D eigenvalue weighted by Crippen LogP contribution is -2.05. The third kappa shape index (κ3) is 5.31. The molecule has 0 saturated carbocycles. The highest BCUT2D eigenvalue weighted by atomic mass is 79.9. The van der Waals surface area contributed by atoms with Crippen LogP contribution in [0.1, 0.15) is 21.5 Å². The van der Waals surface area contributed by atoms with Gasteiger partial charge in [0.05, 0.1) is 5.56 Å². The van der Waals surface area contributed by atoms with Gasteiger partial charge in [-0.3, -0.25) is 0 Å². The molecule has 0 bridgehead atoms. The minimum atomic E-state index is -0.968. The molecule has 3 aromatic rings. The Balaban J connectivity index is 1.71. The number of carbonyl (C=O) groups is 1. The summed E-state index contributed by atoms with van der Waals surface area (Å²) >= 11 is 3.45. The molecule has 0 unspecified atom stereocenters. The molecule has 0 atom stereocenters. The Labute approximate surface area is 164 Å². The summed E-state index contributed by atoms with van der Waals surface area (Å²) in [5.74, 6) is -0.551. The number of halogens is 2. The van der Waals surface area contributed by atoms with Crippen LogP contribution in [0, 0.1) is 5.82 Å². The van der Waals surface area contributed by atoms with E-state index >= 15 is 0 Å². The first-order chi connectivity index (χ1) is 13.0. The number of carboxylic acids is 1. The molecular formula is C21H17BrFNO3. The summed E-state index contributed by atoms with van der Waals surface area (Å²) < 4.78 is 19.8. The minimum absolute atomic E-state index is 0.224. The minimum Gasteiger partial charge on any atom is -0.489 e. The van der Waals surface area contributed by atoms with E-state index in [0.717, 1.165) is 15.6 Å². The van der Waals surface area contributed by atoms with Crippen molar-refractivity contribution < 1.29 is 19.0 Å². The molecule has 0 heterocycles. The zero-order valence-corrected chi connectivity index (χ0v) is 15.9. The summed E-state index contributed by atoms with van der Waals surface area (Å²) in [6.07, 6.45) is 0. The molecule has 0 radical (unpaired) electrons. The molecule has 3 rings (SSSR count). The Kier molecular flexibility index (Phi) is 6.08. The molecule has 3 aromatic carbocycles. The van der Waals surface area contributed by atoms with Crippen molar-refractivity contribution in [3.8, 4) is 5.75 Å². The number of carboxylic acid groups (broad SMARTS) is 1. The van der Waals surface area contributed by atoms with E-state index in [2.05, 4.69) is 21.2 Å². The Morgan fingerprint density at radius 1 is 1.07 bits per heavy atom. The van der Waals surface area contributed by atoms with Crippen molar-refractivity contribution in [1.82, 2.24) is 0 Å². The van der Waals surface area contributed by atoms with Crippen molar-refractivity contribution >= 4 is 27.6 Å². The molecule has 0 aromatic heterocycles. The predicted octanol–water partition coefficient (Wildman–Crippen LogP) is 5.48. The van der Waals surface area contributed by atoms with Gasteiger partial charge >= 0.3 is 5.97 Å². The largest absolute Gasteiger partial charge is 0.489 e. The highest BCUT2D eigenvalue weighted by molar-refractivity contribution is 9.10. The van der Waals surface area contributed by atoms with Crippen LogP contribution >= 0.6 is 15.9 Å². The second-order valence-electron chi connectivity index (χ2n) is 5.91. The van der Waals surface area contributed by atoms with Gasteiger partial charge in [0.25, 0.3) is 0 Å². The molecule has 0 aliphatic rings. The van der Waals surface area contributed by atoms with Crippen LogP contribution in [0.5, 0.6) is 5.75 Å². The normalized spacial score (nSPS) is 10.4. The number of anilines is 1. The molecule has 0 saturated heterocycles. The van der Waals surface area contributed by atoms with Crippen molar-refractivity contribution in [3.05, 3.63) is 93.7 Å². The Morgan fingerprint density at radius 2 is 1.85 bits per heavy atom. The van der Waals surface area contributed by atoms with Crippen LogP contribution in [-0.2, 0) is 13.2 Å². The number of rotatable bonds is 7. The number of hydrogen-bond donors (Lipinski definition) is 2. The second-order valence-corrected chi connectivity index (χ2v) is 6.82. The van der Waals surface area contributed by atoms with Crippen LogP contribution in [0.3, 0.4) is 0 Å². The maximum absolute atomic E-state index is 13.0. The fourth-order valence-corrected chi connectivity index (χ4v) is 2.94. The highest BCUT2D eigenvalue weighted by Gasteiger charge is 2.07. The first-order valence-corrected chi connectivity index (χ1v) is 9.03. The fourth-order valence-electron chi connectivity index (χ4n) is 2.53. The van der Waals surface area contributed by atoms with Crippen molar-refractivity contribution in [3.63, 3.8) is 0 Å². The van der Waals surface area contributed by atoms with Crippen molar-refractivity contribution in [2.75, 3.05) is 5.32 Å². The first kappa shape index (κ1) is 18.9. The van der Waals surface area contributed by atoms with Crippen LogP contribution in [0.4, 0.5) is 10.1 Å². The summed E-state index contributed by atoms with van der Waals surface area (Å²) in [7, 11) is 0. The molecule has 0 fully saturated rings. The average molecular weight is 430 g/mol. The van der Waals surface area contributed by atoms with E-state index in [1.807, 2.05) is 24.3 Å². The van der Waals surface area contributed by atoms with Crippen molar-refractivity contribution in [1.29, 1.82) is 0 Å². The molecule has 6 heteroatoms. The molecule has 2 N–H and O–H groups in total. The Bertz CT molecular complexity index is 944. The number of nitrogens with one attached hydrogen (secondary N) is 1. The number of hydrogen-bond acceptors (Lipinski definition) is 3. The van der Waals surface area contributed by atoms with Crippen LogP contribution < -0.4 is 10.1 Å². The van der Waals surface area contributed by atoms with Gasteiger partial charge in [0.15, 0.2) is 0 Å². The number of benzene rings is 3. The SMILES string of the molecule is O=C(O)c1cccc(NCc2cc(Br)ccc2OCc2ccc(F)cc2)c1. The highest BCUT2D eigenvalue weighted by Crippen LogP contribution is 2.25. The third-order valence-electron chi connectivity index (χ3n) is 3.92. The van der Waals surface area contributed by atoms with E-state index in [0.29, 0.717) is 24.6 Å². The topological polar surface area (TPSA) is 58.6 Å². The lowest BCUT2D eigenvalue weighted by atomic mass is 10.1. The summed E-state index contributed by atoms with van der Waals surface area (Å²) in [5, 5.41) is 12.3. The molecule has 0 aliphatic carbocycles. The van der Waals surface area contributed by atoms with Gasteiger partial charge < -0.3 is 15.2 Å². The lowest BCUT2D eigenvalue weighted by molar-refractivity contribution is 0.0697. The number of ether oxygens (including phenoxy) is 1. The number of aromatic carboxylic acids is 1. The van der Waals surface area contributed by atoms with Crippen LogP contribution in [-0.4, -0.2) is 11.1 Å². The first-order valence-electron chi connectivity index (χ1n) is 8.24. The predicted molar refractivity (Wildman–Crippen MR) is 106 cm³/mol. The van der Waals surface area contributed by atoms with E-state index in [4.69, 9.17) is 9.84 Å². The molecule has 27 heavy (non-hydrogen) atoms. The van der Waals surface area contributed by atoms with Gasteiger partial charge in [-0.1, -0.05) is 34.1 Å². The fraction of sp³-hybridized carbons (Fsp3) is 0.0952. The average Bonchev–Trinajstić information content (AvgIpc) is 2.67. The van der Waals surface area contributed by atoms with Gasteiger partial charge in [-0.15, -0.1) is 0 Å². The van der Waals surface area contributed by atoms with Crippen LogP contribution in [0.15, 0.2) is 71.2 Å². The smallest absolute Gasteiger partial charge is 0.335 e. The zero-order valence-electron chi connectivity index (χ0n) is 14.3. The molecule has 0 aliphatic heterocycles. The van der Waals surface area contributed by atoms with Gasteiger partial charge in [-0.05, 0) is 54.1 Å². The Hall–Kier alpha value is -2.86. The van der Waals surface area contributed by atoms with Crippen molar-refractivity contribution in [2.45, 2.75) is 13.2 Å². The maximum Gasteiger partial charge on any atom is 0.335 e. The maximum atomic E-state index is 13.0. The molecular weight excluding hydrogens is 413 g/mol. The molecule has 4 nitrogen and oxygen atoms in total. The van der Waals surface area contributed by atoms with Crippen LogP contribution in [0.25, 0.3) is 0 Å². The van der Waals surface area contributed by atoms with E-state index in [-0.39, 0.29) is 11.4 Å². The van der Waals surface area contributed by atoms with Gasteiger partial charge in [0, 0.05) is 22.3 Å². The second kappa shape index (κ2) is 8.68.